The summed E-state index contributed by atoms with van der Waals surface area (Å²) in [6.45, 7) is 2.55. The van der Waals surface area contributed by atoms with Crippen LogP contribution in [0, 0.1) is 5.92 Å². The largest absolute Gasteiger partial charge is 0.316 e. The van der Waals surface area contributed by atoms with E-state index >= 15 is 0 Å². The van der Waals surface area contributed by atoms with E-state index in [1.807, 2.05) is 0 Å². The maximum Gasteiger partial charge on any atom is 0.0107 e. The van der Waals surface area contributed by atoms with Gasteiger partial charge in [0.1, 0.15) is 0 Å². The van der Waals surface area contributed by atoms with Crippen molar-refractivity contribution >= 4 is 11.8 Å². The molecule has 0 aliphatic carbocycles. The van der Waals surface area contributed by atoms with Crippen molar-refractivity contribution in [3.63, 3.8) is 0 Å². The Morgan fingerprint density at radius 3 is 2.88 bits per heavy atom. The molecular formula is C6H11NS. The first-order valence-electron chi connectivity index (χ1n) is 3.29. The molecule has 0 aromatic rings. The molecule has 46 valence electrons. The standard InChI is InChI=1S/C6H11NS/c1-2-7-3-5-4-8-6(1)5/h5-7H,1-4H2. The fourth-order valence-electron chi connectivity index (χ4n) is 1.41. The summed E-state index contributed by atoms with van der Waals surface area (Å²) in [5, 5.41) is 4.44. The smallest absolute Gasteiger partial charge is 0.0107 e. The van der Waals surface area contributed by atoms with Crippen LogP contribution in [0.1, 0.15) is 6.42 Å². The zero-order chi connectivity index (χ0) is 5.40. The van der Waals surface area contributed by atoms with Gasteiger partial charge in [0, 0.05) is 5.25 Å². The number of rotatable bonds is 0. The van der Waals surface area contributed by atoms with E-state index in [-0.39, 0.29) is 0 Å². The average Bonchev–Trinajstić information content (AvgIpc) is 1.72. The van der Waals surface area contributed by atoms with Crippen molar-refractivity contribution in [3.8, 4) is 0 Å². The summed E-state index contributed by atoms with van der Waals surface area (Å²) in [7, 11) is 0. The topological polar surface area (TPSA) is 12.0 Å². The number of thioether (sulfide) groups is 1. The summed E-state index contributed by atoms with van der Waals surface area (Å²) in [5.41, 5.74) is 0. The van der Waals surface area contributed by atoms with Crippen molar-refractivity contribution in [2.45, 2.75) is 11.7 Å². The van der Waals surface area contributed by atoms with Crippen LogP contribution in [0.5, 0.6) is 0 Å². The molecule has 0 bridgehead atoms. The highest BCUT2D eigenvalue weighted by molar-refractivity contribution is 8.01. The van der Waals surface area contributed by atoms with E-state index in [4.69, 9.17) is 0 Å². The minimum atomic E-state index is 1.04. The number of piperidine rings is 1. The molecule has 1 nitrogen and oxygen atoms in total. The van der Waals surface area contributed by atoms with Gasteiger partial charge in [0.15, 0.2) is 0 Å². The Hall–Kier alpha value is 0.310. The van der Waals surface area contributed by atoms with Gasteiger partial charge in [-0.25, -0.2) is 0 Å². The van der Waals surface area contributed by atoms with E-state index in [9.17, 15) is 0 Å². The lowest BCUT2D eigenvalue weighted by Gasteiger charge is -2.40. The van der Waals surface area contributed by atoms with E-state index in [2.05, 4.69) is 17.1 Å². The van der Waals surface area contributed by atoms with Crippen LogP contribution in [-0.4, -0.2) is 24.1 Å². The monoisotopic (exact) mass is 129 g/mol. The highest BCUT2D eigenvalue weighted by atomic mass is 32.2. The van der Waals surface area contributed by atoms with Gasteiger partial charge in [0.25, 0.3) is 0 Å². The predicted molar refractivity (Wildman–Crippen MR) is 37.2 cm³/mol. The fraction of sp³-hybridized carbons (Fsp3) is 1.00. The van der Waals surface area contributed by atoms with Crippen LogP contribution in [-0.2, 0) is 0 Å². The molecule has 2 saturated heterocycles. The number of hydrogen-bond donors (Lipinski definition) is 1. The van der Waals surface area contributed by atoms with Gasteiger partial charge < -0.3 is 5.32 Å². The lowest BCUT2D eigenvalue weighted by Crippen LogP contribution is -2.45. The van der Waals surface area contributed by atoms with Crippen LogP contribution >= 0.6 is 11.8 Å². The van der Waals surface area contributed by atoms with Crippen LogP contribution in [0.15, 0.2) is 0 Å². The van der Waals surface area contributed by atoms with Gasteiger partial charge in [-0.15, -0.1) is 0 Å². The normalized spacial score (nSPS) is 45.0. The Bertz CT molecular complexity index is 82.5. The minimum absolute atomic E-state index is 1.04. The van der Waals surface area contributed by atoms with E-state index < -0.39 is 0 Å². The Labute approximate surface area is 54.2 Å². The van der Waals surface area contributed by atoms with Crippen molar-refractivity contribution in [1.29, 1.82) is 0 Å². The average molecular weight is 129 g/mol. The molecule has 2 atom stereocenters. The molecule has 0 aromatic heterocycles. The maximum atomic E-state index is 3.40. The molecule has 2 unspecified atom stereocenters. The first-order valence-corrected chi connectivity index (χ1v) is 4.34. The molecule has 2 heterocycles. The van der Waals surface area contributed by atoms with Gasteiger partial charge >= 0.3 is 0 Å². The van der Waals surface area contributed by atoms with Crippen LogP contribution < -0.4 is 5.32 Å². The lowest BCUT2D eigenvalue weighted by atomic mass is 10.00. The van der Waals surface area contributed by atoms with Crippen LogP contribution in [0.4, 0.5) is 0 Å². The molecule has 2 aliphatic heterocycles. The molecule has 0 spiro atoms. The SMILES string of the molecule is C1CC2SCC2CN1. The van der Waals surface area contributed by atoms with E-state index in [1.54, 1.807) is 0 Å². The summed E-state index contributed by atoms with van der Waals surface area (Å²) in [5.74, 6) is 2.45. The second-order valence-electron chi connectivity index (χ2n) is 2.62. The quantitative estimate of drug-likeness (QED) is 0.517. The van der Waals surface area contributed by atoms with Gasteiger partial charge in [0.05, 0.1) is 0 Å². The molecule has 2 aliphatic rings. The molecule has 1 N–H and O–H groups in total. The summed E-state index contributed by atoms with van der Waals surface area (Å²) >= 11 is 2.15. The van der Waals surface area contributed by atoms with Crippen molar-refractivity contribution in [1.82, 2.24) is 5.32 Å². The van der Waals surface area contributed by atoms with Crippen molar-refractivity contribution in [3.05, 3.63) is 0 Å². The van der Waals surface area contributed by atoms with Crippen LogP contribution in [0.2, 0.25) is 0 Å². The molecule has 0 aromatic carbocycles. The number of nitrogens with one attached hydrogen (secondary N) is 1. The second-order valence-corrected chi connectivity index (χ2v) is 3.90. The zero-order valence-electron chi connectivity index (χ0n) is 4.89. The Balaban J connectivity index is 1.92. The van der Waals surface area contributed by atoms with Gasteiger partial charge in [-0.2, -0.15) is 11.8 Å². The summed E-state index contributed by atoms with van der Waals surface area (Å²) in [6, 6.07) is 0. The Kier molecular flexibility index (Phi) is 1.23. The summed E-state index contributed by atoms with van der Waals surface area (Å²) in [4.78, 5) is 0. The van der Waals surface area contributed by atoms with Crippen LogP contribution in [0.25, 0.3) is 0 Å². The Morgan fingerprint density at radius 2 is 2.50 bits per heavy atom. The molecular weight excluding hydrogens is 118 g/mol. The number of hydrogen-bond acceptors (Lipinski definition) is 2. The van der Waals surface area contributed by atoms with Gasteiger partial charge in [-0.1, -0.05) is 0 Å². The van der Waals surface area contributed by atoms with Gasteiger partial charge in [0.2, 0.25) is 0 Å². The van der Waals surface area contributed by atoms with Crippen molar-refractivity contribution < 1.29 is 0 Å². The van der Waals surface area contributed by atoms with Crippen molar-refractivity contribution in [2.75, 3.05) is 18.8 Å². The van der Waals surface area contributed by atoms with E-state index in [0.29, 0.717) is 0 Å². The molecule has 0 radical (unpaired) electrons. The molecule has 0 amide bonds. The number of fused-ring (bicyclic) bond motifs is 1. The highest BCUT2D eigenvalue weighted by Crippen LogP contribution is 2.37. The summed E-state index contributed by atoms with van der Waals surface area (Å²) in [6.07, 6.45) is 1.41. The zero-order valence-corrected chi connectivity index (χ0v) is 5.71. The van der Waals surface area contributed by atoms with Crippen LogP contribution in [0.3, 0.4) is 0 Å². The van der Waals surface area contributed by atoms with Gasteiger partial charge in [-0.05, 0) is 31.2 Å². The second kappa shape index (κ2) is 1.92. The minimum Gasteiger partial charge on any atom is -0.316 e. The lowest BCUT2D eigenvalue weighted by molar-refractivity contribution is 0.398. The molecule has 2 rings (SSSR count). The maximum absolute atomic E-state index is 3.40. The third-order valence-corrected chi connectivity index (χ3v) is 3.73. The third-order valence-electron chi connectivity index (χ3n) is 2.06. The third kappa shape index (κ3) is 0.669. The molecule has 0 saturated carbocycles. The molecule has 8 heavy (non-hydrogen) atoms. The Morgan fingerprint density at radius 1 is 1.50 bits per heavy atom. The van der Waals surface area contributed by atoms with E-state index in [0.717, 1.165) is 11.2 Å². The fourth-order valence-corrected chi connectivity index (χ4v) is 2.64. The molecule has 2 fully saturated rings. The first kappa shape index (κ1) is 5.12. The summed E-state index contributed by atoms with van der Waals surface area (Å²) < 4.78 is 0. The van der Waals surface area contributed by atoms with E-state index in [1.165, 1.54) is 25.3 Å². The first-order chi connectivity index (χ1) is 3.97. The van der Waals surface area contributed by atoms with Crippen molar-refractivity contribution in [2.24, 2.45) is 5.92 Å². The predicted octanol–water partition coefficient (Wildman–Crippen LogP) is 0.711. The van der Waals surface area contributed by atoms with Gasteiger partial charge in [-0.3, -0.25) is 0 Å². The molecule has 2 heteroatoms. The highest BCUT2D eigenvalue weighted by Gasteiger charge is 2.32.